The highest BCUT2D eigenvalue weighted by molar-refractivity contribution is 5.44. The third kappa shape index (κ3) is 5.23. The molecule has 1 aromatic carbocycles. The molecule has 0 unspecified atom stereocenters. The molecule has 0 aliphatic carbocycles. The van der Waals surface area contributed by atoms with E-state index in [2.05, 4.69) is 6.92 Å². The summed E-state index contributed by atoms with van der Waals surface area (Å²) in [6, 6.07) is 7.34. The van der Waals surface area contributed by atoms with Gasteiger partial charge in [0, 0.05) is 0 Å². The van der Waals surface area contributed by atoms with Gasteiger partial charge in [-0.3, -0.25) is 0 Å². The van der Waals surface area contributed by atoms with Crippen LogP contribution < -0.4 is 0 Å². The summed E-state index contributed by atoms with van der Waals surface area (Å²) >= 11 is 0. The fourth-order valence-electron chi connectivity index (χ4n) is 2.11. The molecule has 1 rings (SSSR count). The van der Waals surface area contributed by atoms with Crippen LogP contribution in [0, 0.1) is 11.3 Å². The van der Waals surface area contributed by atoms with Gasteiger partial charge in [-0.25, -0.2) is 0 Å². The third-order valence-corrected chi connectivity index (χ3v) is 3.25. The highest BCUT2D eigenvalue weighted by Gasteiger charge is 2.01. The zero-order chi connectivity index (χ0) is 13.2. The van der Waals surface area contributed by atoms with Gasteiger partial charge < -0.3 is 5.11 Å². The minimum atomic E-state index is 0.0841. The van der Waals surface area contributed by atoms with Gasteiger partial charge in [0.15, 0.2) is 0 Å². The molecule has 2 heteroatoms. The first-order valence-corrected chi connectivity index (χ1v) is 7.00. The zero-order valence-corrected chi connectivity index (χ0v) is 11.3. The normalized spacial score (nSPS) is 10.2. The van der Waals surface area contributed by atoms with Crippen LogP contribution >= 0.6 is 0 Å². The van der Waals surface area contributed by atoms with Crippen molar-refractivity contribution >= 4 is 0 Å². The molecule has 18 heavy (non-hydrogen) atoms. The van der Waals surface area contributed by atoms with Crippen molar-refractivity contribution in [1.82, 2.24) is 0 Å². The van der Waals surface area contributed by atoms with Crippen LogP contribution in [0.25, 0.3) is 0 Å². The second-order valence-corrected chi connectivity index (χ2v) is 4.83. The molecule has 0 saturated carbocycles. The Morgan fingerprint density at radius 1 is 1.06 bits per heavy atom. The van der Waals surface area contributed by atoms with Crippen molar-refractivity contribution in [2.45, 2.75) is 58.3 Å². The molecular weight excluding hydrogens is 222 g/mol. The predicted octanol–water partition coefficient (Wildman–Crippen LogP) is 4.56. The van der Waals surface area contributed by atoms with E-state index in [1.54, 1.807) is 12.1 Å². The van der Waals surface area contributed by atoms with Crippen molar-refractivity contribution in [3.8, 4) is 11.8 Å². The Balaban J connectivity index is 2.22. The van der Waals surface area contributed by atoms with Crippen LogP contribution in [0.1, 0.15) is 63.0 Å². The summed E-state index contributed by atoms with van der Waals surface area (Å²) in [5.41, 5.74) is 1.54. The molecule has 1 aromatic rings. The summed E-state index contributed by atoms with van der Waals surface area (Å²) in [5, 5.41) is 18.2. The summed E-state index contributed by atoms with van der Waals surface area (Å²) in [7, 11) is 0. The third-order valence-electron chi connectivity index (χ3n) is 3.25. The van der Waals surface area contributed by atoms with Crippen molar-refractivity contribution in [2.24, 2.45) is 0 Å². The van der Waals surface area contributed by atoms with Crippen LogP contribution in [0.15, 0.2) is 18.2 Å². The lowest BCUT2D eigenvalue weighted by Crippen LogP contribution is -1.88. The molecule has 0 saturated heterocycles. The van der Waals surface area contributed by atoms with E-state index in [9.17, 15) is 5.11 Å². The molecule has 1 N–H and O–H groups in total. The lowest BCUT2D eigenvalue weighted by atomic mass is 10.0. The first-order valence-electron chi connectivity index (χ1n) is 7.00. The second kappa shape index (κ2) is 8.58. The van der Waals surface area contributed by atoms with Gasteiger partial charge in [-0.05, 0) is 30.5 Å². The van der Waals surface area contributed by atoms with Crippen molar-refractivity contribution in [3.63, 3.8) is 0 Å². The lowest BCUT2D eigenvalue weighted by Gasteiger charge is -2.03. The smallest absolute Gasteiger partial charge is 0.133 e. The van der Waals surface area contributed by atoms with Crippen LogP contribution in [0.4, 0.5) is 0 Å². The Bertz CT molecular complexity index is 393. The van der Waals surface area contributed by atoms with Gasteiger partial charge in [0.1, 0.15) is 11.8 Å². The average Bonchev–Trinajstić information content (AvgIpc) is 2.39. The number of nitriles is 1. The molecule has 0 atom stereocenters. The van der Waals surface area contributed by atoms with E-state index in [1.165, 1.54) is 44.9 Å². The second-order valence-electron chi connectivity index (χ2n) is 4.83. The number of rotatable bonds is 8. The summed E-state index contributed by atoms with van der Waals surface area (Å²) in [6.07, 6.45) is 10.1. The highest BCUT2D eigenvalue weighted by Crippen LogP contribution is 2.19. The van der Waals surface area contributed by atoms with Gasteiger partial charge >= 0.3 is 0 Å². The highest BCUT2D eigenvalue weighted by atomic mass is 16.3. The molecule has 0 radical (unpaired) electrons. The quantitative estimate of drug-likeness (QED) is 0.682. The molecule has 2 nitrogen and oxygen atoms in total. The average molecular weight is 245 g/mol. The largest absolute Gasteiger partial charge is 0.507 e. The molecule has 0 heterocycles. The Hall–Kier alpha value is -1.49. The first-order chi connectivity index (χ1) is 8.77. The van der Waals surface area contributed by atoms with Crippen molar-refractivity contribution in [3.05, 3.63) is 29.3 Å². The fourth-order valence-corrected chi connectivity index (χ4v) is 2.11. The molecular formula is C16H23NO. The van der Waals surface area contributed by atoms with Gasteiger partial charge in [-0.1, -0.05) is 51.5 Å². The first kappa shape index (κ1) is 14.6. The number of phenolic OH excluding ortho intramolecular Hbond substituents is 1. The van der Waals surface area contributed by atoms with Gasteiger partial charge in [0.25, 0.3) is 0 Å². The van der Waals surface area contributed by atoms with Gasteiger partial charge in [-0.15, -0.1) is 0 Å². The van der Waals surface area contributed by atoms with Gasteiger partial charge in [0.05, 0.1) is 5.56 Å². The van der Waals surface area contributed by atoms with Crippen LogP contribution in [0.3, 0.4) is 0 Å². The van der Waals surface area contributed by atoms with E-state index in [4.69, 9.17) is 5.26 Å². The minimum Gasteiger partial charge on any atom is -0.507 e. The van der Waals surface area contributed by atoms with Gasteiger partial charge in [-0.2, -0.15) is 5.26 Å². The maximum Gasteiger partial charge on any atom is 0.133 e. The minimum absolute atomic E-state index is 0.0841. The van der Waals surface area contributed by atoms with Crippen LogP contribution in [-0.2, 0) is 6.42 Å². The summed E-state index contributed by atoms with van der Waals surface area (Å²) in [4.78, 5) is 0. The zero-order valence-electron chi connectivity index (χ0n) is 11.3. The molecule has 0 aliphatic heterocycles. The molecule has 0 fully saturated rings. The van der Waals surface area contributed by atoms with E-state index >= 15 is 0 Å². The van der Waals surface area contributed by atoms with E-state index in [0.717, 1.165) is 12.0 Å². The van der Waals surface area contributed by atoms with E-state index in [1.807, 2.05) is 12.1 Å². The predicted molar refractivity (Wildman–Crippen MR) is 74.5 cm³/mol. The van der Waals surface area contributed by atoms with Crippen LogP contribution in [0.5, 0.6) is 5.75 Å². The molecule has 0 aliphatic rings. The van der Waals surface area contributed by atoms with E-state index in [-0.39, 0.29) is 5.75 Å². The van der Waals surface area contributed by atoms with Crippen molar-refractivity contribution < 1.29 is 5.11 Å². The van der Waals surface area contributed by atoms with Gasteiger partial charge in [0.2, 0.25) is 0 Å². The maximum atomic E-state index is 9.40. The molecule has 0 amide bonds. The Morgan fingerprint density at radius 2 is 1.72 bits per heavy atom. The fraction of sp³-hybridized carbons (Fsp3) is 0.562. The summed E-state index contributed by atoms with van der Waals surface area (Å²) < 4.78 is 0. The number of benzene rings is 1. The number of aromatic hydroxyl groups is 1. The number of hydrogen-bond acceptors (Lipinski definition) is 2. The molecule has 0 bridgehead atoms. The Kier molecular flexibility index (Phi) is 6.94. The molecule has 0 spiro atoms. The lowest BCUT2D eigenvalue weighted by molar-refractivity contribution is 0.473. The van der Waals surface area contributed by atoms with Crippen molar-refractivity contribution in [2.75, 3.05) is 0 Å². The number of hydrogen-bond donors (Lipinski definition) is 1. The van der Waals surface area contributed by atoms with E-state index in [0.29, 0.717) is 5.56 Å². The molecule has 0 aromatic heterocycles. The molecule has 98 valence electrons. The van der Waals surface area contributed by atoms with Crippen LogP contribution in [0.2, 0.25) is 0 Å². The number of phenols is 1. The standard InChI is InChI=1S/C16H23NO/c1-2-3-4-5-6-7-8-9-14-10-11-16(18)15(12-14)13-17/h10-12,18H,2-9H2,1H3. The Labute approximate surface area is 110 Å². The Morgan fingerprint density at radius 3 is 2.39 bits per heavy atom. The SMILES string of the molecule is CCCCCCCCCc1ccc(O)c(C#N)c1. The topological polar surface area (TPSA) is 44.0 Å². The number of aryl methyl sites for hydroxylation is 1. The van der Waals surface area contributed by atoms with E-state index < -0.39 is 0 Å². The maximum absolute atomic E-state index is 9.40. The van der Waals surface area contributed by atoms with Crippen molar-refractivity contribution in [1.29, 1.82) is 5.26 Å². The number of nitrogens with zero attached hydrogens (tertiary/aromatic N) is 1. The monoisotopic (exact) mass is 245 g/mol. The summed E-state index contributed by atoms with van der Waals surface area (Å²) in [5.74, 6) is 0.0841. The summed E-state index contributed by atoms with van der Waals surface area (Å²) in [6.45, 7) is 2.23. The number of unbranched alkanes of at least 4 members (excludes halogenated alkanes) is 6. The van der Waals surface area contributed by atoms with Crippen LogP contribution in [-0.4, -0.2) is 5.11 Å².